The number of hydrogen-bond acceptors (Lipinski definition) is 5. The molecule has 170 valence electrons. The minimum Gasteiger partial charge on any atom is -0.504 e. The SMILES string of the molecule is C=CCOc1c(CC=C)cc2c(=O)cc(-c3ccc(OC)c(O)c3CC=C)oc2c1CC=C. The normalized spacial score (nSPS) is 10.6. The first-order chi connectivity index (χ1) is 16.0. The minimum absolute atomic E-state index is 0.0136. The number of fused-ring (bicyclic) bond motifs is 1. The summed E-state index contributed by atoms with van der Waals surface area (Å²) in [6, 6.07) is 6.62. The highest BCUT2D eigenvalue weighted by Gasteiger charge is 2.21. The molecule has 0 atom stereocenters. The standard InChI is InChI=1S/C28H28O5/c1-6-10-18-16-22-23(29)17-25(19-13-14-24(31-5)26(30)20(19)11-7-2)33-28(22)21(12-8-3)27(18)32-15-9-4/h6-9,13-14,16-17,30H,1-4,10-12,15H2,5H3. The van der Waals surface area contributed by atoms with E-state index < -0.39 is 0 Å². The molecule has 2 aromatic carbocycles. The Labute approximate surface area is 193 Å². The van der Waals surface area contributed by atoms with Crippen molar-refractivity contribution in [1.82, 2.24) is 0 Å². The molecule has 33 heavy (non-hydrogen) atoms. The van der Waals surface area contributed by atoms with Gasteiger partial charge in [-0.15, -0.1) is 19.7 Å². The molecule has 0 saturated heterocycles. The molecule has 5 heteroatoms. The van der Waals surface area contributed by atoms with Crippen LogP contribution < -0.4 is 14.9 Å². The number of benzene rings is 2. The lowest BCUT2D eigenvalue weighted by molar-refractivity contribution is 0.356. The van der Waals surface area contributed by atoms with Gasteiger partial charge in [-0.1, -0.05) is 30.9 Å². The highest BCUT2D eigenvalue weighted by Crippen LogP contribution is 2.40. The Balaban J connectivity index is 2.38. The van der Waals surface area contributed by atoms with Gasteiger partial charge in [0, 0.05) is 22.8 Å². The van der Waals surface area contributed by atoms with Crippen LogP contribution in [0.15, 0.2) is 84.1 Å². The smallest absolute Gasteiger partial charge is 0.193 e. The molecule has 0 saturated carbocycles. The molecule has 0 spiro atoms. The average Bonchev–Trinajstić information content (AvgIpc) is 2.80. The Morgan fingerprint density at radius 1 is 0.970 bits per heavy atom. The third-order valence-electron chi connectivity index (χ3n) is 5.28. The fourth-order valence-electron chi connectivity index (χ4n) is 3.85. The third-order valence-corrected chi connectivity index (χ3v) is 5.28. The summed E-state index contributed by atoms with van der Waals surface area (Å²) in [5.41, 5.74) is 2.93. The monoisotopic (exact) mass is 444 g/mol. The van der Waals surface area contributed by atoms with E-state index in [1.54, 1.807) is 42.5 Å². The summed E-state index contributed by atoms with van der Waals surface area (Å²) in [6.07, 6.45) is 8.17. The summed E-state index contributed by atoms with van der Waals surface area (Å²) in [5.74, 6) is 1.28. The summed E-state index contributed by atoms with van der Waals surface area (Å²) in [4.78, 5) is 13.2. The van der Waals surface area contributed by atoms with Crippen molar-refractivity contribution in [2.45, 2.75) is 19.3 Å². The topological polar surface area (TPSA) is 68.9 Å². The number of aromatic hydroxyl groups is 1. The largest absolute Gasteiger partial charge is 0.504 e. The Hall–Kier alpha value is -3.99. The van der Waals surface area contributed by atoms with Crippen molar-refractivity contribution >= 4 is 11.0 Å². The van der Waals surface area contributed by atoms with E-state index in [0.29, 0.717) is 65.2 Å². The van der Waals surface area contributed by atoms with Gasteiger partial charge in [0.2, 0.25) is 0 Å². The second-order valence-corrected chi connectivity index (χ2v) is 7.42. The molecule has 1 heterocycles. The number of methoxy groups -OCH3 is 1. The lowest BCUT2D eigenvalue weighted by Crippen LogP contribution is -2.08. The molecule has 0 aliphatic heterocycles. The van der Waals surface area contributed by atoms with Gasteiger partial charge in [-0.2, -0.15) is 0 Å². The number of allylic oxidation sites excluding steroid dienone is 3. The fraction of sp³-hybridized carbons (Fsp3) is 0.179. The van der Waals surface area contributed by atoms with Crippen molar-refractivity contribution in [3.63, 3.8) is 0 Å². The first-order valence-corrected chi connectivity index (χ1v) is 10.6. The Kier molecular flexibility index (Phi) is 7.57. The fourth-order valence-corrected chi connectivity index (χ4v) is 3.85. The molecule has 1 N–H and O–H groups in total. The number of ether oxygens (including phenoxy) is 2. The van der Waals surface area contributed by atoms with Crippen LogP contribution in [0.5, 0.6) is 17.2 Å². The second-order valence-electron chi connectivity index (χ2n) is 7.42. The van der Waals surface area contributed by atoms with Gasteiger partial charge in [0.25, 0.3) is 0 Å². The first kappa shape index (κ1) is 23.7. The zero-order valence-corrected chi connectivity index (χ0v) is 18.9. The van der Waals surface area contributed by atoms with E-state index in [2.05, 4.69) is 26.3 Å². The van der Waals surface area contributed by atoms with Crippen LogP contribution in [0.4, 0.5) is 0 Å². The molecule has 0 bridgehead atoms. The van der Waals surface area contributed by atoms with Gasteiger partial charge >= 0.3 is 0 Å². The zero-order valence-electron chi connectivity index (χ0n) is 18.9. The van der Waals surface area contributed by atoms with Gasteiger partial charge in [0.1, 0.15) is 23.7 Å². The first-order valence-electron chi connectivity index (χ1n) is 10.6. The third kappa shape index (κ3) is 4.62. The number of rotatable bonds is 11. The maximum absolute atomic E-state index is 13.2. The van der Waals surface area contributed by atoms with Gasteiger partial charge in [-0.05, 0) is 43.0 Å². The summed E-state index contributed by atoms with van der Waals surface area (Å²) in [6.45, 7) is 15.5. The summed E-state index contributed by atoms with van der Waals surface area (Å²) in [7, 11) is 1.48. The Morgan fingerprint density at radius 3 is 2.30 bits per heavy atom. The van der Waals surface area contributed by atoms with Crippen LogP contribution in [0.25, 0.3) is 22.3 Å². The van der Waals surface area contributed by atoms with Crippen LogP contribution in [-0.2, 0) is 19.3 Å². The van der Waals surface area contributed by atoms with Gasteiger partial charge < -0.3 is 19.0 Å². The average molecular weight is 445 g/mol. The van der Waals surface area contributed by atoms with Crippen LogP contribution in [0, 0.1) is 0 Å². The lowest BCUT2D eigenvalue weighted by Gasteiger charge is -2.17. The van der Waals surface area contributed by atoms with Gasteiger partial charge in [-0.3, -0.25) is 4.79 Å². The summed E-state index contributed by atoms with van der Waals surface area (Å²) >= 11 is 0. The van der Waals surface area contributed by atoms with Crippen LogP contribution in [0.2, 0.25) is 0 Å². The molecule has 3 rings (SSSR count). The van der Waals surface area contributed by atoms with Crippen molar-refractivity contribution in [3.05, 3.63) is 102 Å². The highest BCUT2D eigenvalue weighted by molar-refractivity contribution is 5.86. The van der Waals surface area contributed by atoms with E-state index in [1.807, 2.05) is 0 Å². The molecular weight excluding hydrogens is 416 g/mol. The molecule has 0 aliphatic rings. The zero-order chi connectivity index (χ0) is 24.0. The quantitative estimate of drug-likeness (QED) is 0.372. The van der Waals surface area contributed by atoms with Crippen molar-refractivity contribution in [3.8, 4) is 28.6 Å². The number of phenolic OH excluding ortho intramolecular Hbond substituents is 1. The highest BCUT2D eigenvalue weighted by atomic mass is 16.5. The molecule has 3 aromatic rings. The maximum atomic E-state index is 13.2. The van der Waals surface area contributed by atoms with Crippen LogP contribution in [-0.4, -0.2) is 18.8 Å². The molecule has 0 unspecified atom stereocenters. The molecule has 1 aromatic heterocycles. The van der Waals surface area contributed by atoms with E-state index in [-0.39, 0.29) is 11.2 Å². The maximum Gasteiger partial charge on any atom is 0.193 e. The molecule has 0 amide bonds. The minimum atomic E-state index is -0.197. The van der Waals surface area contributed by atoms with Crippen molar-refractivity contribution in [2.75, 3.05) is 13.7 Å². The van der Waals surface area contributed by atoms with E-state index in [1.165, 1.54) is 13.2 Å². The van der Waals surface area contributed by atoms with E-state index in [4.69, 9.17) is 13.9 Å². The number of hydrogen-bond donors (Lipinski definition) is 1. The van der Waals surface area contributed by atoms with Gasteiger partial charge in [0.15, 0.2) is 16.9 Å². The molecular formula is C28H28O5. The van der Waals surface area contributed by atoms with Crippen molar-refractivity contribution in [1.29, 1.82) is 0 Å². The predicted molar refractivity (Wildman–Crippen MR) is 134 cm³/mol. The predicted octanol–water partition coefficient (Wildman–Crippen LogP) is 5.92. The lowest BCUT2D eigenvalue weighted by atomic mass is 9.97. The van der Waals surface area contributed by atoms with E-state index >= 15 is 0 Å². The van der Waals surface area contributed by atoms with Crippen LogP contribution >= 0.6 is 0 Å². The van der Waals surface area contributed by atoms with Gasteiger partial charge in [-0.25, -0.2) is 0 Å². The van der Waals surface area contributed by atoms with E-state index in [9.17, 15) is 9.90 Å². The van der Waals surface area contributed by atoms with Crippen LogP contribution in [0.3, 0.4) is 0 Å². The second kappa shape index (κ2) is 10.6. The summed E-state index contributed by atoms with van der Waals surface area (Å²) in [5, 5.41) is 11.1. The van der Waals surface area contributed by atoms with Crippen molar-refractivity contribution < 1.29 is 19.0 Å². The number of phenols is 1. The Morgan fingerprint density at radius 2 is 1.67 bits per heavy atom. The molecule has 5 nitrogen and oxygen atoms in total. The Bertz CT molecular complexity index is 1280. The van der Waals surface area contributed by atoms with Crippen LogP contribution in [0.1, 0.15) is 16.7 Å². The van der Waals surface area contributed by atoms with Crippen molar-refractivity contribution in [2.24, 2.45) is 0 Å². The molecule has 0 radical (unpaired) electrons. The molecule has 0 fully saturated rings. The molecule has 0 aliphatic carbocycles. The van der Waals surface area contributed by atoms with Gasteiger partial charge in [0.05, 0.1) is 12.5 Å². The van der Waals surface area contributed by atoms with E-state index in [0.717, 1.165) is 11.1 Å². The summed E-state index contributed by atoms with van der Waals surface area (Å²) < 4.78 is 17.5.